The number of carbonyl (C=O) groups excluding carboxylic acids is 1. The summed E-state index contributed by atoms with van der Waals surface area (Å²) in [5.41, 5.74) is 2.11. The minimum atomic E-state index is -0.244. The van der Waals surface area contributed by atoms with Crippen molar-refractivity contribution in [2.24, 2.45) is 0 Å². The van der Waals surface area contributed by atoms with E-state index in [1.807, 2.05) is 42.5 Å². The average molecular weight is 423 g/mol. The van der Waals surface area contributed by atoms with E-state index in [1.165, 1.54) is 6.20 Å². The first-order valence-corrected chi connectivity index (χ1v) is 10.2. The third kappa shape index (κ3) is 4.90. The number of anilines is 2. The predicted molar refractivity (Wildman–Crippen MR) is 120 cm³/mol. The molecule has 1 aliphatic rings. The Hall–Kier alpha value is -3.09. The molecular weight excluding hydrogens is 400 g/mol. The van der Waals surface area contributed by atoms with Crippen molar-refractivity contribution in [3.8, 4) is 11.6 Å². The molecule has 1 saturated heterocycles. The Labute approximate surface area is 181 Å². The summed E-state index contributed by atoms with van der Waals surface area (Å²) < 4.78 is 5.68. The Kier molecular flexibility index (Phi) is 6.16. The fraction of sp³-hybridized carbons (Fsp3) is 0.217. The molecule has 3 aromatic rings. The van der Waals surface area contributed by atoms with Gasteiger partial charge in [0.2, 0.25) is 5.88 Å². The van der Waals surface area contributed by atoms with Gasteiger partial charge >= 0.3 is 0 Å². The van der Waals surface area contributed by atoms with Gasteiger partial charge in [-0.1, -0.05) is 29.8 Å². The second-order valence-corrected chi connectivity index (χ2v) is 7.64. The van der Waals surface area contributed by atoms with Gasteiger partial charge in [-0.2, -0.15) is 0 Å². The second-order valence-electron chi connectivity index (χ2n) is 7.21. The molecule has 0 aliphatic carbocycles. The maximum atomic E-state index is 12.8. The summed E-state index contributed by atoms with van der Waals surface area (Å²) in [5, 5.41) is 3.56. The van der Waals surface area contributed by atoms with Gasteiger partial charge in [-0.15, -0.1) is 0 Å². The summed E-state index contributed by atoms with van der Waals surface area (Å²) in [6.07, 6.45) is 1.51. The summed E-state index contributed by atoms with van der Waals surface area (Å²) in [4.78, 5) is 21.6. The van der Waals surface area contributed by atoms with Gasteiger partial charge in [0, 0.05) is 43.5 Å². The maximum Gasteiger partial charge on any atom is 0.257 e. The van der Waals surface area contributed by atoms with Gasteiger partial charge in [-0.05, 0) is 43.4 Å². The monoisotopic (exact) mass is 422 g/mol. The molecule has 4 rings (SSSR count). The van der Waals surface area contributed by atoms with E-state index < -0.39 is 0 Å². The van der Waals surface area contributed by atoms with Crippen LogP contribution in [0.25, 0.3) is 0 Å². The van der Waals surface area contributed by atoms with Gasteiger partial charge < -0.3 is 19.9 Å². The molecule has 0 unspecified atom stereocenters. The van der Waals surface area contributed by atoms with E-state index >= 15 is 0 Å². The van der Waals surface area contributed by atoms with Crippen LogP contribution >= 0.6 is 11.6 Å². The second kappa shape index (κ2) is 9.15. The van der Waals surface area contributed by atoms with Crippen LogP contribution in [0.2, 0.25) is 5.02 Å². The molecule has 1 fully saturated rings. The number of nitrogens with one attached hydrogen (secondary N) is 1. The fourth-order valence-corrected chi connectivity index (χ4v) is 3.48. The molecule has 1 amide bonds. The van der Waals surface area contributed by atoms with Gasteiger partial charge in [0.05, 0.1) is 16.9 Å². The number of hydrogen-bond acceptors (Lipinski definition) is 5. The molecule has 154 valence electrons. The van der Waals surface area contributed by atoms with Crippen molar-refractivity contribution in [1.29, 1.82) is 0 Å². The summed E-state index contributed by atoms with van der Waals surface area (Å²) in [6.45, 7) is 3.74. The molecule has 7 heteroatoms. The van der Waals surface area contributed by atoms with E-state index in [2.05, 4.69) is 27.1 Å². The number of para-hydroxylation sites is 1. The van der Waals surface area contributed by atoms with Crippen molar-refractivity contribution in [2.75, 3.05) is 43.4 Å². The predicted octanol–water partition coefficient (Wildman–Crippen LogP) is 4.53. The third-order valence-electron chi connectivity index (χ3n) is 5.01. The van der Waals surface area contributed by atoms with Crippen molar-refractivity contribution in [2.45, 2.75) is 0 Å². The Bertz CT molecular complexity index is 1000. The molecule has 0 spiro atoms. The van der Waals surface area contributed by atoms with E-state index in [9.17, 15) is 4.79 Å². The first-order chi connectivity index (χ1) is 14.6. The highest BCUT2D eigenvalue weighted by atomic mass is 35.5. The molecule has 2 aromatic carbocycles. The zero-order valence-corrected chi connectivity index (χ0v) is 17.5. The molecule has 0 atom stereocenters. The number of amides is 1. The number of rotatable bonds is 5. The minimum Gasteiger partial charge on any atom is -0.439 e. The maximum absolute atomic E-state index is 12.8. The number of hydrogen-bond donors (Lipinski definition) is 1. The quantitative estimate of drug-likeness (QED) is 0.654. The van der Waals surface area contributed by atoms with Crippen LogP contribution in [0.1, 0.15) is 10.4 Å². The van der Waals surface area contributed by atoms with Gasteiger partial charge in [-0.3, -0.25) is 4.79 Å². The minimum absolute atomic E-state index is 0.244. The lowest BCUT2D eigenvalue weighted by atomic mass is 10.2. The van der Waals surface area contributed by atoms with E-state index in [0.29, 0.717) is 27.9 Å². The Morgan fingerprint density at radius 1 is 1.03 bits per heavy atom. The summed E-state index contributed by atoms with van der Waals surface area (Å²) in [6, 6.07) is 18.4. The first kappa shape index (κ1) is 20.2. The molecule has 1 aliphatic heterocycles. The lowest BCUT2D eigenvalue weighted by molar-refractivity contribution is 0.102. The summed E-state index contributed by atoms with van der Waals surface area (Å²) in [5.74, 6) is 0.878. The normalized spacial score (nSPS) is 14.4. The SMILES string of the molecule is CN1CCN(c2ccc(Cl)cc2NC(=O)c2ccc(Oc3ccccc3)nc2)CC1. The van der Waals surface area contributed by atoms with Crippen molar-refractivity contribution in [1.82, 2.24) is 9.88 Å². The standard InChI is InChI=1S/C23H23ClN4O2/c1-27-11-13-28(14-12-27)21-9-8-18(24)15-20(21)26-23(29)17-7-10-22(25-16-17)30-19-5-3-2-4-6-19/h2-10,15-16H,11-14H2,1H3,(H,26,29). The van der Waals surface area contributed by atoms with Crippen LogP contribution in [0, 0.1) is 0 Å². The molecule has 1 aromatic heterocycles. The number of piperazine rings is 1. The van der Waals surface area contributed by atoms with Crippen LogP contribution in [0.3, 0.4) is 0 Å². The number of benzene rings is 2. The van der Waals surface area contributed by atoms with Crippen LogP contribution in [0.5, 0.6) is 11.6 Å². The van der Waals surface area contributed by atoms with Crippen molar-refractivity contribution in [3.63, 3.8) is 0 Å². The highest BCUT2D eigenvalue weighted by molar-refractivity contribution is 6.31. The largest absolute Gasteiger partial charge is 0.439 e. The molecule has 0 radical (unpaired) electrons. The summed E-state index contributed by atoms with van der Waals surface area (Å²) in [7, 11) is 2.11. The topological polar surface area (TPSA) is 57.7 Å². The van der Waals surface area contributed by atoms with E-state index in [1.54, 1.807) is 18.2 Å². The number of nitrogens with zero attached hydrogens (tertiary/aromatic N) is 3. The number of likely N-dealkylation sites (N-methyl/N-ethyl adjacent to an activating group) is 1. The fourth-order valence-electron chi connectivity index (χ4n) is 3.31. The molecule has 30 heavy (non-hydrogen) atoms. The van der Waals surface area contributed by atoms with Crippen LogP contribution in [-0.2, 0) is 0 Å². The molecule has 6 nitrogen and oxygen atoms in total. The molecule has 2 heterocycles. The van der Waals surface area contributed by atoms with Crippen LogP contribution in [-0.4, -0.2) is 49.0 Å². The smallest absolute Gasteiger partial charge is 0.257 e. The zero-order valence-electron chi connectivity index (χ0n) is 16.7. The van der Waals surface area contributed by atoms with Crippen molar-refractivity contribution < 1.29 is 9.53 Å². The number of aromatic nitrogens is 1. The third-order valence-corrected chi connectivity index (χ3v) is 5.25. The average Bonchev–Trinajstić information content (AvgIpc) is 2.76. The molecular formula is C23H23ClN4O2. The van der Waals surface area contributed by atoms with Crippen molar-refractivity contribution >= 4 is 28.9 Å². The number of pyridine rings is 1. The molecule has 0 bridgehead atoms. The van der Waals surface area contributed by atoms with E-state index in [4.69, 9.17) is 16.3 Å². The lowest BCUT2D eigenvalue weighted by Crippen LogP contribution is -2.44. The Balaban J connectivity index is 1.47. The molecule has 1 N–H and O–H groups in total. The Morgan fingerprint density at radius 2 is 1.80 bits per heavy atom. The number of carbonyl (C=O) groups is 1. The van der Waals surface area contributed by atoms with E-state index in [-0.39, 0.29) is 5.91 Å². The first-order valence-electron chi connectivity index (χ1n) is 9.82. The van der Waals surface area contributed by atoms with Gasteiger partial charge in [0.25, 0.3) is 5.91 Å². The lowest BCUT2D eigenvalue weighted by Gasteiger charge is -2.35. The van der Waals surface area contributed by atoms with Gasteiger partial charge in [-0.25, -0.2) is 4.98 Å². The highest BCUT2D eigenvalue weighted by Crippen LogP contribution is 2.30. The highest BCUT2D eigenvalue weighted by Gasteiger charge is 2.19. The van der Waals surface area contributed by atoms with E-state index in [0.717, 1.165) is 31.9 Å². The zero-order chi connectivity index (χ0) is 20.9. The van der Waals surface area contributed by atoms with Gasteiger partial charge in [0.1, 0.15) is 5.75 Å². The Morgan fingerprint density at radius 3 is 2.50 bits per heavy atom. The number of ether oxygens (including phenoxy) is 1. The van der Waals surface area contributed by atoms with Gasteiger partial charge in [0.15, 0.2) is 0 Å². The van der Waals surface area contributed by atoms with Crippen LogP contribution in [0.4, 0.5) is 11.4 Å². The molecule has 0 saturated carbocycles. The summed E-state index contributed by atoms with van der Waals surface area (Å²) >= 11 is 6.20. The van der Waals surface area contributed by atoms with Crippen LogP contribution in [0.15, 0.2) is 66.9 Å². The van der Waals surface area contributed by atoms with Crippen molar-refractivity contribution in [3.05, 3.63) is 77.4 Å². The van der Waals surface area contributed by atoms with Crippen LogP contribution < -0.4 is 15.0 Å². The number of halogens is 1.